The number of pyridine rings is 1. The molecule has 1 aliphatic rings. The third kappa shape index (κ3) is 3.76. The Labute approximate surface area is 161 Å². The molecular formula is C23H28N4. The highest BCUT2D eigenvalue weighted by Crippen LogP contribution is 2.31. The second kappa shape index (κ2) is 7.57. The normalized spacial score (nSPS) is 15.7. The minimum absolute atomic E-state index is 1.04. The summed E-state index contributed by atoms with van der Waals surface area (Å²) in [5, 5.41) is 4.81. The van der Waals surface area contributed by atoms with Crippen LogP contribution in [0.15, 0.2) is 48.5 Å². The van der Waals surface area contributed by atoms with Crippen LogP contribution in [0.3, 0.4) is 0 Å². The van der Waals surface area contributed by atoms with E-state index in [1.165, 1.54) is 29.6 Å². The van der Waals surface area contributed by atoms with Crippen molar-refractivity contribution in [1.82, 2.24) is 9.88 Å². The van der Waals surface area contributed by atoms with Gasteiger partial charge in [-0.15, -0.1) is 0 Å². The first kappa shape index (κ1) is 17.8. The molecule has 0 atom stereocenters. The standard InChI is InChI=1S/C23H28N4/c1-17-18(2)24-22-8-5-4-7-21(22)23(17)25-19-9-11-20(12-10-19)27-14-6-13-26(3)15-16-27/h4-5,7-12H,6,13-16H2,1-3H3,(H,24,25). The molecule has 4 nitrogen and oxygen atoms in total. The number of anilines is 3. The van der Waals surface area contributed by atoms with Crippen molar-refractivity contribution in [1.29, 1.82) is 0 Å². The number of aromatic nitrogens is 1. The SMILES string of the molecule is Cc1nc2ccccc2c(Nc2ccc(N3CCCN(C)CC3)cc2)c1C. The van der Waals surface area contributed by atoms with Crippen LogP contribution in [0.25, 0.3) is 10.9 Å². The largest absolute Gasteiger partial charge is 0.370 e. The Kier molecular flexibility index (Phi) is 4.99. The van der Waals surface area contributed by atoms with Crippen LogP contribution in [0.5, 0.6) is 0 Å². The maximum atomic E-state index is 4.72. The van der Waals surface area contributed by atoms with Gasteiger partial charge >= 0.3 is 0 Å². The van der Waals surface area contributed by atoms with Crippen molar-refractivity contribution in [3.63, 3.8) is 0 Å². The number of hydrogen-bond acceptors (Lipinski definition) is 4. The monoisotopic (exact) mass is 360 g/mol. The summed E-state index contributed by atoms with van der Waals surface area (Å²) in [6.45, 7) is 8.75. The second-order valence-electron chi connectivity index (χ2n) is 7.53. The van der Waals surface area contributed by atoms with Gasteiger partial charge in [0.05, 0.1) is 11.2 Å². The second-order valence-corrected chi connectivity index (χ2v) is 7.53. The Bertz CT molecular complexity index is 933. The highest BCUT2D eigenvalue weighted by molar-refractivity contribution is 5.95. The molecule has 2 aromatic carbocycles. The van der Waals surface area contributed by atoms with Crippen molar-refractivity contribution in [2.45, 2.75) is 20.3 Å². The number of para-hydroxylation sites is 1. The number of rotatable bonds is 3. The number of fused-ring (bicyclic) bond motifs is 1. The molecule has 0 unspecified atom stereocenters. The molecule has 1 saturated heterocycles. The third-order valence-electron chi connectivity index (χ3n) is 5.60. The molecule has 3 aromatic rings. The lowest BCUT2D eigenvalue weighted by molar-refractivity contribution is 0.360. The molecule has 140 valence electrons. The fourth-order valence-electron chi connectivity index (χ4n) is 3.80. The van der Waals surface area contributed by atoms with Gasteiger partial charge in [-0.25, -0.2) is 0 Å². The first-order chi connectivity index (χ1) is 13.1. The number of hydrogen-bond donors (Lipinski definition) is 1. The number of benzene rings is 2. The molecule has 27 heavy (non-hydrogen) atoms. The van der Waals surface area contributed by atoms with E-state index in [-0.39, 0.29) is 0 Å². The molecule has 1 aromatic heterocycles. The third-order valence-corrected chi connectivity index (χ3v) is 5.60. The van der Waals surface area contributed by atoms with Gasteiger partial charge in [-0.3, -0.25) is 4.98 Å². The highest BCUT2D eigenvalue weighted by atomic mass is 15.2. The zero-order chi connectivity index (χ0) is 18.8. The van der Waals surface area contributed by atoms with Crippen molar-refractivity contribution in [2.24, 2.45) is 0 Å². The molecule has 4 heteroatoms. The van der Waals surface area contributed by atoms with Crippen molar-refractivity contribution < 1.29 is 0 Å². The predicted molar refractivity (Wildman–Crippen MR) is 115 cm³/mol. The van der Waals surface area contributed by atoms with Gasteiger partial charge in [0.2, 0.25) is 0 Å². The van der Waals surface area contributed by atoms with Gasteiger partial charge in [0, 0.05) is 42.1 Å². The molecule has 1 aliphatic heterocycles. The summed E-state index contributed by atoms with van der Waals surface area (Å²) >= 11 is 0. The van der Waals surface area contributed by atoms with E-state index in [0.29, 0.717) is 0 Å². The topological polar surface area (TPSA) is 31.4 Å². The zero-order valence-electron chi connectivity index (χ0n) is 16.5. The lowest BCUT2D eigenvalue weighted by atomic mass is 10.1. The molecule has 2 heterocycles. The van der Waals surface area contributed by atoms with Gasteiger partial charge in [-0.05, 0) is 69.8 Å². The van der Waals surface area contributed by atoms with Crippen LogP contribution in [-0.4, -0.2) is 43.1 Å². The summed E-state index contributed by atoms with van der Waals surface area (Å²) in [5.41, 5.74) is 6.89. The molecule has 0 radical (unpaired) electrons. The first-order valence-electron chi connectivity index (χ1n) is 9.78. The van der Waals surface area contributed by atoms with Gasteiger partial charge in [0.15, 0.2) is 0 Å². The maximum absolute atomic E-state index is 4.72. The number of aryl methyl sites for hydroxylation is 1. The quantitative estimate of drug-likeness (QED) is 0.731. The van der Waals surface area contributed by atoms with Crippen molar-refractivity contribution in [3.05, 3.63) is 59.8 Å². The molecule has 0 spiro atoms. The summed E-state index contributed by atoms with van der Waals surface area (Å²) in [4.78, 5) is 9.62. The summed E-state index contributed by atoms with van der Waals surface area (Å²) < 4.78 is 0. The Morgan fingerprint density at radius 3 is 2.48 bits per heavy atom. The van der Waals surface area contributed by atoms with E-state index in [4.69, 9.17) is 4.98 Å². The van der Waals surface area contributed by atoms with Crippen molar-refractivity contribution in [2.75, 3.05) is 43.4 Å². The van der Waals surface area contributed by atoms with Gasteiger partial charge in [-0.1, -0.05) is 18.2 Å². The van der Waals surface area contributed by atoms with Crippen LogP contribution in [-0.2, 0) is 0 Å². The Hall–Kier alpha value is -2.59. The highest BCUT2D eigenvalue weighted by Gasteiger charge is 2.13. The van der Waals surface area contributed by atoms with Gasteiger partial charge in [-0.2, -0.15) is 0 Å². The van der Waals surface area contributed by atoms with E-state index in [2.05, 4.69) is 78.5 Å². The molecular weight excluding hydrogens is 332 g/mol. The zero-order valence-corrected chi connectivity index (χ0v) is 16.5. The Morgan fingerprint density at radius 1 is 0.889 bits per heavy atom. The lowest BCUT2D eigenvalue weighted by Gasteiger charge is -2.23. The molecule has 1 fully saturated rings. The molecule has 0 aliphatic carbocycles. The number of nitrogens with one attached hydrogen (secondary N) is 1. The fraction of sp³-hybridized carbons (Fsp3) is 0.348. The smallest absolute Gasteiger partial charge is 0.0726 e. The average Bonchev–Trinajstić information content (AvgIpc) is 2.90. The minimum Gasteiger partial charge on any atom is -0.370 e. The average molecular weight is 361 g/mol. The maximum Gasteiger partial charge on any atom is 0.0726 e. The van der Waals surface area contributed by atoms with Gasteiger partial charge in [0.1, 0.15) is 0 Å². The predicted octanol–water partition coefficient (Wildman–Crippen LogP) is 4.74. The Balaban J connectivity index is 1.59. The molecule has 1 N–H and O–H groups in total. The summed E-state index contributed by atoms with van der Waals surface area (Å²) in [6, 6.07) is 17.2. The number of likely N-dealkylation sites (N-methyl/N-ethyl adjacent to an activating group) is 1. The molecule has 0 amide bonds. The molecule has 0 bridgehead atoms. The van der Waals surface area contributed by atoms with Crippen LogP contribution >= 0.6 is 0 Å². The summed E-state index contributed by atoms with van der Waals surface area (Å²) in [5.74, 6) is 0. The molecule has 0 saturated carbocycles. The van der Waals surface area contributed by atoms with Crippen LogP contribution in [0.1, 0.15) is 17.7 Å². The van der Waals surface area contributed by atoms with Gasteiger partial charge in [0.25, 0.3) is 0 Å². The van der Waals surface area contributed by atoms with Crippen LogP contribution in [0, 0.1) is 13.8 Å². The fourth-order valence-corrected chi connectivity index (χ4v) is 3.80. The minimum atomic E-state index is 1.04. The van der Waals surface area contributed by atoms with Crippen LogP contribution in [0.2, 0.25) is 0 Å². The van der Waals surface area contributed by atoms with E-state index >= 15 is 0 Å². The Morgan fingerprint density at radius 2 is 1.67 bits per heavy atom. The molecule has 4 rings (SSSR count). The van der Waals surface area contributed by atoms with E-state index in [1.54, 1.807) is 0 Å². The van der Waals surface area contributed by atoms with Crippen molar-refractivity contribution >= 4 is 28.0 Å². The van der Waals surface area contributed by atoms with E-state index in [9.17, 15) is 0 Å². The van der Waals surface area contributed by atoms with Crippen LogP contribution in [0.4, 0.5) is 17.1 Å². The summed E-state index contributed by atoms with van der Waals surface area (Å²) in [6.07, 6.45) is 1.22. The lowest BCUT2D eigenvalue weighted by Crippen LogP contribution is -2.28. The van der Waals surface area contributed by atoms with Gasteiger partial charge < -0.3 is 15.1 Å². The van der Waals surface area contributed by atoms with E-state index < -0.39 is 0 Å². The summed E-state index contributed by atoms with van der Waals surface area (Å²) in [7, 11) is 2.21. The van der Waals surface area contributed by atoms with E-state index in [1.807, 2.05) is 6.07 Å². The first-order valence-corrected chi connectivity index (χ1v) is 9.78. The van der Waals surface area contributed by atoms with Crippen LogP contribution < -0.4 is 10.2 Å². The van der Waals surface area contributed by atoms with E-state index in [0.717, 1.165) is 42.2 Å². The number of nitrogens with zero attached hydrogens (tertiary/aromatic N) is 3. The van der Waals surface area contributed by atoms with Crippen molar-refractivity contribution in [3.8, 4) is 0 Å².